The summed E-state index contributed by atoms with van der Waals surface area (Å²) >= 11 is 1.31. The van der Waals surface area contributed by atoms with Crippen molar-refractivity contribution in [3.63, 3.8) is 0 Å². The standard InChI is InChI=1S/C26H17N3O4S/c1-15-22(30)11-10-19-17(12-23(31)33-24(15)19)14-34-26-28-21-5-3-2-4-20(21)25(32)29(26)18-8-6-16(13-27)7-9-18/h2-12,30H,14H2,1H3. The van der Waals surface area contributed by atoms with E-state index in [2.05, 4.69) is 6.07 Å². The zero-order chi connectivity index (χ0) is 23.8. The number of nitrogens with zero attached hydrogens (tertiary/aromatic N) is 3. The number of rotatable bonds is 4. The molecule has 34 heavy (non-hydrogen) atoms. The van der Waals surface area contributed by atoms with Crippen LogP contribution in [0.5, 0.6) is 5.75 Å². The Morgan fingerprint density at radius 1 is 1.06 bits per heavy atom. The second-order valence-electron chi connectivity index (χ2n) is 7.68. The van der Waals surface area contributed by atoms with Crippen LogP contribution in [0.3, 0.4) is 0 Å². The number of fused-ring (bicyclic) bond motifs is 2. The summed E-state index contributed by atoms with van der Waals surface area (Å²) in [5.41, 5.74) is 2.41. The van der Waals surface area contributed by atoms with Crippen molar-refractivity contribution in [1.82, 2.24) is 9.55 Å². The highest BCUT2D eigenvalue weighted by Crippen LogP contribution is 2.31. The van der Waals surface area contributed by atoms with Crippen LogP contribution in [0.2, 0.25) is 0 Å². The molecule has 166 valence electrons. The number of aromatic nitrogens is 2. The fourth-order valence-electron chi connectivity index (χ4n) is 3.80. The fraction of sp³-hybridized carbons (Fsp3) is 0.0769. The van der Waals surface area contributed by atoms with Gasteiger partial charge >= 0.3 is 5.63 Å². The van der Waals surface area contributed by atoms with Crippen LogP contribution in [0.15, 0.2) is 85.9 Å². The summed E-state index contributed by atoms with van der Waals surface area (Å²) in [6.45, 7) is 1.69. The van der Waals surface area contributed by atoms with E-state index in [-0.39, 0.29) is 11.3 Å². The first-order chi connectivity index (χ1) is 16.5. The van der Waals surface area contributed by atoms with Crippen LogP contribution in [0.4, 0.5) is 0 Å². The number of aryl methyl sites for hydroxylation is 1. The molecule has 0 radical (unpaired) electrons. The molecule has 0 bridgehead atoms. The molecular formula is C26H17N3O4S. The number of hydrogen-bond acceptors (Lipinski definition) is 7. The predicted molar refractivity (Wildman–Crippen MR) is 131 cm³/mol. The van der Waals surface area contributed by atoms with E-state index in [0.717, 1.165) is 0 Å². The Morgan fingerprint density at radius 3 is 2.59 bits per heavy atom. The third-order valence-corrected chi connectivity index (χ3v) is 6.56. The maximum Gasteiger partial charge on any atom is 0.336 e. The van der Waals surface area contributed by atoms with E-state index in [9.17, 15) is 14.7 Å². The summed E-state index contributed by atoms with van der Waals surface area (Å²) in [6.07, 6.45) is 0. The Bertz CT molecular complexity index is 1730. The summed E-state index contributed by atoms with van der Waals surface area (Å²) in [4.78, 5) is 30.3. The summed E-state index contributed by atoms with van der Waals surface area (Å²) in [6, 6.07) is 20.6. The molecule has 0 saturated heterocycles. The minimum atomic E-state index is -0.521. The predicted octanol–water partition coefficient (Wildman–Crippen LogP) is 4.67. The molecule has 2 heterocycles. The van der Waals surface area contributed by atoms with Gasteiger partial charge in [-0.1, -0.05) is 23.9 Å². The first-order valence-electron chi connectivity index (χ1n) is 10.4. The molecule has 0 saturated carbocycles. The lowest BCUT2D eigenvalue weighted by atomic mass is 10.1. The van der Waals surface area contributed by atoms with Crippen molar-refractivity contribution < 1.29 is 9.52 Å². The van der Waals surface area contributed by atoms with Gasteiger partial charge in [0.15, 0.2) is 5.16 Å². The molecule has 0 aliphatic heterocycles. The van der Waals surface area contributed by atoms with Crippen LogP contribution in [0, 0.1) is 18.3 Å². The highest BCUT2D eigenvalue weighted by molar-refractivity contribution is 7.98. The average Bonchev–Trinajstić information content (AvgIpc) is 2.85. The van der Waals surface area contributed by atoms with Gasteiger partial charge in [0, 0.05) is 22.8 Å². The van der Waals surface area contributed by atoms with Crippen molar-refractivity contribution in [2.24, 2.45) is 0 Å². The number of phenolic OH excluding ortho intramolecular Hbond substituents is 1. The average molecular weight is 468 g/mol. The SMILES string of the molecule is Cc1c(O)ccc2c(CSc3nc4ccccc4c(=O)n3-c3ccc(C#N)cc3)cc(=O)oc12. The Labute approximate surface area is 197 Å². The second-order valence-corrected chi connectivity index (χ2v) is 8.62. The molecule has 5 rings (SSSR count). The molecule has 0 aliphatic carbocycles. The van der Waals surface area contributed by atoms with E-state index in [1.165, 1.54) is 22.4 Å². The molecule has 0 spiro atoms. The van der Waals surface area contributed by atoms with Crippen molar-refractivity contribution in [3.8, 4) is 17.5 Å². The van der Waals surface area contributed by atoms with Gasteiger partial charge < -0.3 is 9.52 Å². The smallest absolute Gasteiger partial charge is 0.336 e. The van der Waals surface area contributed by atoms with Gasteiger partial charge in [0.2, 0.25) is 0 Å². The maximum absolute atomic E-state index is 13.4. The first kappa shape index (κ1) is 21.5. The molecule has 8 heteroatoms. The molecule has 2 aromatic heterocycles. The summed E-state index contributed by atoms with van der Waals surface area (Å²) in [7, 11) is 0. The van der Waals surface area contributed by atoms with Crippen LogP contribution in [-0.4, -0.2) is 14.7 Å². The third-order valence-electron chi connectivity index (χ3n) is 5.57. The largest absolute Gasteiger partial charge is 0.508 e. The molecule has 0 amide bonds. The number of hydrogen-bond donors (Lipinski definition) is 1. The Morgan fingerprint density at radius 2 is 1.82 bits per heavy atom. The fourth-order valence-corrected chi connectivity index (χ4v) is 4.80. The molecule has 0 atom stereocenters. The number of para-hydroxylation sites is 1. The molecule has 1 N–H and O–H groups in total. The second kappa shape index (κ2) is 8.54. The minimum absolute atomic E-state index is 0.0475. The lowest BCUT2D eigenvalue weighted by molar-refractivity contribution is 0.468. The Kier molecular flexibility index (Phi) is 5.40. The van der Waals surface area contributed by atoms with Gasteiger partial charge in [-0.15, -0.1) is 0 Å². The van der Waals surface area contributed by atoms with Gasteiger partial charge in [-0.05, 0) is 61.0 Å². The van der Waals surface area contributed by atoms with E-state index in [1.54, 1.807) is 61.5 Å². The molecule has 7 nitrogen and oxygen atoms in total. The van der Waals surface area contributed by atoms with Gasteiger partial charge in [-0.2, -0.15) is 5.26 Å². The highest BCUT2D eigenvalue weighted by atomic mass is 32.2. The topological polar surface area (TPSA) is 109 Å². The van der Waals surface area contributed by atoms with E-state index < -0.39 is 5.63 Å². The molecule has 3 aromatic carbocycles. The van der Waals surface area contributed by atoms with Gasteiger partial charge in [-0.3, -0.25) is 9.36 Å². The van der Waals surface area contributed by atoms with Crippen LogP contribution < -0.4 is 11.2 Å². The minimum Gasteiger partial charge on any atom is -0.508 e. The summed E-state index contributed by atoms with van der Waals surface area (Å²) in [5.74, 6) is 0.388. The van der Waals surface area contributed by atoms with E-state index >= 15 is 0 Å². The van der Waals surface area contributed by atoms with Gasteiger partial charge in [-0.25, -0.2) is 9.78 Å². The molecule has 0 aliphatic rings. The molecular weight excluding hydrogens is 450 g/mol. The summed E-state index contributed by atoms with van der Waals surface area (Å²) in [5, 5.41) is 20.8. The lowest BCUT2D eigenvalue weighted by Gasteiger charge is -2.14. The molecule has 0 unspecified atom stereocenters. The Balaban J connectivity index is 1.65. The van der Waals surface area contributed by atoms with Gasteiger partial charge in [0.1, 0.15) is 11.3 Å². The molecule has 5 aromatic rings. The monoisotopic (exact) mass is 467 g/mol. The van der Waals surface area contributed by atoms with E-state index in [0.29, 0.717) is 55.2 Å². The number of phenols is 1. The van der Waals surface area contributed by atoms with Crippen LogP contribution >= 0.6 is 11.8 Å². The quantitative estimate of drug-likeness (QED) is 0.232. The lowest BCUT2D eigenvalue weighted by Crippen LogP contribution is -2.21. The highest BCUT2D eigenvalue weighted by Gasteiger charge is 2.16. The summed E-state index contributed by atoms with van der Waals surface area (Å²) < 4.78 is 6.85. The zero-order valence-corrected chi connectivity index (χ0v) is 18.8. The van der Waals surface area contributed by atoms with Crippen molar-refractivity contribution >= 4 is 33.6 Å². The molecule has 0 fully saturated rings. The number of thioether (sulfide) groups is 1. The normalized spacial score (nSPS) is 11.1. The van der Waals surface area contributed by atoms with Crippen LogP contribution in [-0.2, 0) is 5.75 Å². The van der Waals surface area contributed by atoms with Gasteiger partial charge in [0.05, 0.1) is 28.2 Å². The van der Waals surface area contributed by atoms with E-state index in [4.69, 9.17) is 14.7 Å². The first-order valence-corrected chi connectivity index (χ1v) is 11.4. The van der Waals surface area contributed by atoms with Crippen molar-refractivity contribution in [1.29, 1.82) is 5.26 Å². The van der Waals surface area contributed by atoms with Crippen LogP contribution in [0.1, 0.15) is 16.7 Å². The number of aromatic hydroxyl groups is 1. The number of benzene rings is 3. The Hall–Kier alpha value is -4.35. The number of nitriles is 1. The third kappa shape index (κ3) is 3.72. The van der Waals surface area contributed by atoms with Crippen LogP contribution in [0.25, 0.3) is 27.6 Å². The zero-order valence-electron chi connectivity index (χ0n) is 18.0. The van der Waals surface area contributed by atoms with Gasteiger partial charge in [0.25, 0.3) is 5.56 Å². The van der Waals surface area contributed by atoms with Crippen molar-refractivity contribution in [2.45, 2.75) is 17.8 Å². The van der Waals surface area contributed by atoms with E-state index in [1.807, 2.05) is 6.07 Å². The van der Waals surface area contributed by atoms with Crippen molar-refractivity contribution in [3.05, 3.63) is 104 Å². The van der Waals surface area contributed by atoms with Crippen molar-refractivity contribution in [2.75, 3.05) is 0 Å². The maximum atomic E-state index is 13.4.